The predicted molar refractivity (Wildman–Crippen MR) is 79.4 cm³/mol. The Balaban J connectivity index is 1.94. The molecule has 2 unspecified atom stereocenters. The predicted octanol–water partition coefficient (Wildman–Crippen LogP) is 4.02. The summed E-state index contributed by atoms with van der Waals surface area (Å²) in [4.78, 5) is 1.31. The van der Waals surface area contributed by atoms with E-state index in [2.05, 4.69) is 56.6 Å². The number of thioether (sulfide) groups is 1. The van der Waals surface area contributed by atoms with Gasteiger partial charge in [-0.1, -0.05) is 13.8 Å². The van der Waals surface area contributed by atoms with Gasteiger partial charge < -0.3 is 10.1 Å². The fourth-order valence-corrected chi connectivity index (χ4v) is 2.91. The summed E-state index contributed by atoms with van der Waals surface area (Å²) in [7, 11) is 0. The average molecular weight is 265 g/mol. The maximum Gasteiger partial charge on any atom is 0.0665 e. The Morgan fingerprint density at radius 2 is 2.00 bits per heavy atom. The molecule has 1 aliphatic carbocycles. The van der Waals surface area contributed by atoms with Gasteiger partial charge >= 0.3 is 0 Å². The van der Waals surface area contributed by atoms with E-state index in [0.29, 0.717) is 12.1 Å². The second-order valence-corrected chi connectivity index (χ2v) is 6.31. The van der Waals surface area contributed by atoms with Gasteiger partial charge in [0, 0.05) is 28.6 Å². The van der Waals surface area contributed by atoms with Crippen LogP contribution in [-0.2, 0) is 4.74 Å². The quantitative estimate of drug-likeness (QED) is 0.812. The zero-order valence-corrected chi connectivity index (χ0v) is 12.5. The van der Waals surface area contributed by atoms with Crippen molar-refractivity contribution < 1.29 is 4.74 Å². The summed E-state index contributed by atoms with van der Waals surface area (Å²) in [5.74, 6) is 0. The molecule has 100 valence electrons. The van der Waals surface area contributed by atoms with E-state index in [4.69, 9.17) is 4.74 Å². The molecular weight excluding hydrogens is 242 g/mol. The molecule has 2 atom stereocenters. The van der Waals surface area contributed by atoms with Crippen LogP contribution in [0, 0.1) is 5.41 Å². The van der Waals surface area contributed by atoms with Crippen molar-refractivity contribution in [3.8, 4) is 0 Å². The molecule has 0 radical (unpaired) electrons. The molecule has 1 aromatic rings. The minimum absolute atomic E-state index is 0.216. The van der Waals surface area contributed by atoms with Crippen molar-refractivity contribution in [1.82, 2.24) is 0 Å². The van der Waals surface area contributed by atoms with Crippen LogP contribution in [0.3, 0.4) is 0 Å². The van der Waals surface area contributed by atoms with Gasteiger partial charge in [-0.3, -0.25) is 0 Å². The third kappa shape index (κ3) is 2.67. The van der Waals surface area contributed by atoms with Gasteiger partial charge in [-0.05, 0) is 43.9 Å². The Hall–Kier alpha value is -0.670. The first-order valence-corrected chi connectivity index (χ1v) is 7.82. The highest BCUT2D eigenvalue weighted by Crippen LogP contribution is 2.44. The number of rotatable bonds is 5. The number of ether oxygens (including phenoxy) is 1. The van der Waals surface area contributed by atoms with E-state index in [1.54, 1.807) is 11.8 Å². The minimum Gasteiger partial charge on any atom is -0.382 e. The zero-order chi connectivity index (χ0) is 13.2. The second kappa shape index (κ2) is 5.54. The van der Waals surface area contributed by atoms with Crippen molar-refractivity contribution in [1.29, 1.82) is 0 Å². The van der Waals surface area contributed by atoms with Crippen LogP contribution in [0.1, 0.15) is 27.2 Å². The summed E-state index contributed by atoms with van der Waals surface area (Å²) in [6, 6.07) is 9.16. The smallest absolute Gasteiger partial charge is 0.0665 e. The zero-order valence-electron chi connectivity index (χ0n) is 11.7. The molecule has 0 saturated heterocycles. The van der Waals surface area contributed by atoms with Gasteiger partial charge in [-0.2, -0.15) is 0 Å². The first-order valence-electron chi connectivity index (χ1n) is 6.60. The molecule has 18 heavy (non-hydrogen) atoms. The van der Waals surface area contributed by atoms with Crippen LogP contribution < -0.4 is 5.32 Å². The van der Waals surface area contributed by atoms with E-state index in [9.17, 15) is 0 Å². The highest BCUT2D eigenvalue weighted by atomic mass is 32.2. The van der Waals surface area contributed by atoms with Crippen LogP contribution in [-0.4, -0.2) is 25.0 Å². The van der Waals surface area contributed by atoms with Gasteiger partial charge in [0.05, 0.1) is 6.10 Å². The van der Waals surface area contributed by atoms with Crippen LogP contribution >= 0.6 is 11.8 Å². The maximum absolute atomic E-state index is 5.75. The third-order valence-corrected chi connectivity index (χ3v) is 4.72. The van der Waals surface area contributed by atoms with Gasteiger partial charge in [0.2, 0.25) is 0 Å². The molecule has 1 N–H and O–H groups in total. The highest BCUT2D eigenvalue weighted by molar-refractivity contribution is 7.98. The van der Waals surface area contributed by atoms with Crippen LogP contribution in [0.4, 0.5) is 5.69 Å². The van der Waals surface area contributed by atoms with Gasteiger partial charge in [-0.15, -0.1) is 11.8 Å². The number of hydrogen-bond acceptors (Lipinski definition) is 3. The molecule has 1 aliphatic rings. The Bertz CT molecular complexity index is 388. The number of hydrogen-bond donors (Lipinski definition) is 1. The van der Waals surface area contributed by atoms with Crippen LogP contribution in [0.15, 0.2) is 29.2 Å². The normalized spacial score (nSPS) is 25.6. The molecule has 2 nitrogen and oxygen atoms in total. The van der Waals surface area contributed by atoms with Crippen molar-refractivity contribution in [2.75, 3.05) is 18.2 Å². The summed E-state index contributed by atoms with van der Waals surface area (Å²) in [5, 5.41) is 3.62. The standard InChI is InChI=1S/C15H23NOS/c1-5-17-14-10-13(15(14,2)3)16-11-6-8-12(18-4)9-7-11/h6-9,13-14,16H,5,10H2,1-4H3. The van der Waals surface area contributed by atoms with E-state index in [0.717, 1.165) is 13.0 Å². The summed E-state index contributed by atoms with van der Waals surface area (Å²) in [5.41, 5.74) is 1.43. The van der Waals surface area contributed by atoms with E-state index in [-0.39, 0.29) is 5.41 Å². The van der Waals surface area contributed by atoms with Gasteiger partial charge in [0.25, 0.3) is 0 Å². The largest absolute Gasteiger partial charge is 0.382 e. The Morgan fingerprint density at radius 1 is 1.33 bits per heavy atom. The van der Waals surface area contributed by atoms with Gasteiger partial charge in [-0.25, -0.2) is 0 Å². The molecule has 0 amide bonds. The van der Waals surface area contributed by atoms with Crippen molar-refractivity contribution in [2.45, 2.75) is 44.2 Å². The third-order valence-electron chi connectivity index (χ3n) is 3.98. The number of benzene rings is 1. The molecule has 0 heterocycles. The molecule has 2 rings (SSSR count). The topological polar surface area (TPSA) is 21.3 Å². The monoisotopic (exact) mass is 265 g/mol. The lowest BCUT2D eigenvalue weighted by Gasteiger charge is -2.52. The maximum atomic E-state index is 5.75. The summed E-state index contributed by atoms with van der Waals surface area (Å²) in [6.45, 7) is 7.44. The van der Waals surface area contributed by atoms with Crippen molar-refractivity contribution >= 4 is 17.4 Å². The summed E-state index contributed by atoms with van der Waals surface area (Å²) in [6.07, 6.45) is 3.60. The van der Waals surface area contributed by atoms with E-state index < -0.39 is 0 Å². The molecule has 0 aliphatic heterocycles. The van der Waals surface area contributed by atoms with E-state index >= 15 is 0 Å². The average Bonchev–Trinajstić information content (AvgIpc) is 2.38. The minimum atomic E-state index is 0.216. The molecule has 1 fully saturated rings. The Morgan fingerprint density at radius 3 is 2.50 bits per heavy atom. The van der Waals surface area contributed by atoms with Crippen LogP contribution in [0.2, 0.25) is 0 Å². The molecular formula is C15H23NOS. The van der Waals surface area contributed by atoms with Gasteiger partial charge in [0.15, 0.2) is 0 Å². The molecule has 0 aromatic heterocycles. The first kappa shape index (κ1) is 13.8. The molecule has 1 aromatic carbocycles. The molecule has 0 spiro atoms. The Kier molecular flexibility index (Phi) is 4.23. The summed E-state index contributed by atoms with van der Waals surface area (Å²) < 4.78 is 5.75. The summed E-state index contributed by atoms with van der Waals surface area (Å²) >= 11 is 1.78. The van der Waals surface area contributed by atoms with Crippen molar-refractivity contribution in [2.24, 2.45) is 5.41 Å². The first-order chi connectivity index (χ1) is 8.57. The molecule has 1 saturated carbocycles. The lowest BCUT2D eigenvalue weighted by Crippen LogP contribution is -2.58. The van der Waals surface area contributed by atoms with Crippen LogP contribution in [0.5, 0.6) is 0 Å². The fourth-order valence-electron chi connectivity index (χ4n) is 2.50. The van der Waals surface area contributed by atoms with Gasteiger partial charge in [0.1, 0.15) is 0 Å². The van der Waals surface area contributed by atoms with E-state index in [1.807, 2.05) is 0 Å². The lowest BCUT2D eigenvalue weighted by molar-refractivity contribution is -0.0975. The lowest BCUT2D eigenvalue weighted by atomic mass is 9.64. The molecule has 0 bridgehead atoms. The SMILES string of the molecule is CCOC1CC(Nc2ccc(SC)cc2)C1(C)C. The van der Waals surface area contributed by atoms with Crippen LogP contribution in [0.25, 0.3) is 0 Å². The van der Waals surface area contributed by atoms with Crippen molar-refractivity contribution in [3.63, 3.8) is 0 Å². The van der Waals surface area contributed by atoms with Crippen molar-refractivity contribution in [3.05, 3.63) is 24.3 Å². The Labute approximate surface area is 114 Å². The second-order valence-electron chi connectivity index (χ2n) is 5.43. The van der Waals surface area contributed by atoms with E-state index in [1.165, 1.54) is 10.6 Å². The highest BCUT2D eigenvalue weighted by Gasteiger charge is 2.48. The number of anilines is 1. The molecule has 3 heteroatoms. The fraction of sp³-hybridized carbons (Fsp3) is 0.600. The number of nitrogens with one attached hydrogen (secondary N) is 1.